The quantitative estimate of drug-likeness (QED) is 0.156. The maximum atomic E-state index is 15.2. The van der Waals surface area contributed by atoms with Gasteiger partial charge in [-0.15, -0.1) is 0 Å². The molecular weight excluding hydrogens is 685 g/mol. The molecule has 3 heterocycles. The molecule has 3 aliphatic rings. The number of aliphatic hydroxyl groups is 1. The van der Waals surface area contributed by atoms with Crippen LogP contribution in [0.4, 0.5) is 30.7 Å². The molecule has 0 saturated heterocycles. The number of amides is 2. The van der Waals surface area contributed by atoms with Crippen molar-refractivity contribution in [3.8, 4) is 23.0 Å². The van der Waals surface area contributed by atoms with Gasteiger partial charge in [0.1, 0.15) is 29.5 Å². The largest absolute Gasteiger partial charge is 0.435 e. The number of alkyl halides is 5. The molecule has 2 aromatic carbocycles. The number of fused-ring (bicyclic) bond motifs is 4. The van der Waals surface area contributed by atoms with Crippen molar-refractivity contribution in [3.63, 3.8) is 0 Å². The highest BCUT2D eigenvalue weighted by molar-refractivity contribution is 6.10. The Morgan fingerprint density at radius 2 is 1.84 bits per heavy atom. The summed E-state index contributed by atoms with van der Waals surface area (Å²) in [4.78, 5) is 38.8. The van der Waals surface area contributed by atoms with Crippen LogP contribution in [0, 0.1) is 29.4 Å². The minimum Gasteiger partial charge on any atom is -0.378 e. The van der Waals surface area contributed by atoms with Crippen molar-refractivity contribution in [2.24, 2.45) is 10.9 Å². The number of benzene rings is 2. The van der Waals surface area contributed by atoms with Gasteiger partial charge in [-0.05, 0) is 67.0 Å². The Morgan fingerprint density at radius 1 is 1.12 bits per heavy atom. The second-order valence-corrected chi connectivity index (χ2v) is 13.1. The molecule has 1 fully saturated rings. The summed E-state index contributed by atoms with van der Waals surface area (Å²) in [5.74, 6) is -4.61. The Kier molecular flexibility index (Phi) is 7.90. The van der Waals surface area contributed by atoms with Crippen molar-refractivity contribution in [1.82, 2.24) is 25.1 Å². The number of halogens is 7. The highest BCUT2D eigenvalue weighted by Gasteiger charge is 2.68. The molecule has 0 unspecified atom stereocenters. The van der Waals surface area contributed by atoms with Gasteiger partial charge in [-0.25, -0.2) is 23.7 Å². The minimum absolute atomic E-state index is 0.0352. The van der Waals surface area contributed by atoms with E-state index in [1.807, 2.05) is 0 Å². The fourth-order valence-electron chi connectivity index (χ4n) is 6.45. The van der Waals surface area contributed by atoms with Crippen LogP contribution < -0.4 is 5.32 Å². The van der Waals surface area contributed by atoms with E-state index in [2.05, 4.69) is 37.2 Å². The zero-order chi connectivity index (χ0) is 36.6. The number of rotatable bonds is 6. The van der Waals surface area contributed by atoms with Crippen molar-refractivity contribution in [2.75, 3.05) is 0 Å². The van der Waals surface area contributed by atoms with Crippen molar-refractivity contribution in [2.45, 2.75) is 63.4 Å². The van der Waals surface area contributed by atoms with Gasteiger partial charge in [0.15, 0.2) is 5.69 Å². The first kappa shape index (κ1) is 34.0. The molecule has 1 saturated carbocycles. The van der Waals surface area contributed by atoms with Crippen LogP contribution in [0.25, 0.3) is 11.1 Å². The molecule has 2 aromatic heterocycles. The first-order chi connectivity index (χ1) is 23.9. The predicted octanol–water partition coefficient (Wildman–Crippen LogP) is 5.47. The Labute approximate surface area is 284 Å². The van der Waals surface area contributed by atoms with E-state index in [1.54, 1.807) is 12.1 Å². The summed E-state index contributed by atoms with van der Waals surface area (Å²) in [6, 6.07) is 7.36. The zero-order valence-electron chi connectivity index (χ0n) is 26.7. The van der Waals surface area contributed by atoms with Crippen molar-refractivity contribution >= 4 is 17.5 Å². The van der Waals surface area contributed by atoms with Crippen LogP contribution in [0.1, 0.15) is 76.1 Å². The first-order valence-electron chi connectivity index (χ1n) is 15.5. The highest BCUT2D eigenvalue weighted by atomic mass is 19.4. The number of carbonyl (C=O) groups excluding carboxylic acids is 2. The molecule has 9 nitrogen and oxygen atoms in total. The molecule has 0 spiro atoms. The van der Waals surface area contributed by atoms with Crippen LogP contribution in [0.3, 0.4) is 0 Å². The Hall–Kier alpha value is -5.43. The zero-order valence-corrected chi connectivity index (χ0v) is 26.7. The van der Waals surface area contributed by atoms with Gasteiger partial charge >= 0.3 is 6.18 Å². The van der Waals surface area contributed by atoms with Crippen LogP contribution in [-0.4, -0.2) is 48.0 Å². The third kappa shape index (κ3) is 6.49. The highest BCUT2D eigenvalue weighted by Crippen LogP contribution is 2.68. The maximum Gasteiger partial charge on any atom is 0.435 e. The van der Waals surface area contributed by atoms with Crippen LogP contribution in [0.15, 0.2) is 47.6 Å². The summed E-state index contributed by atoms with van der Waals surface area (Å²) in [5.41, 5.74) is -3.53. The molecular formula is C35H25F7N6O3. The summed E-state index contributed by atoms with van der Waals surface area (Å²) < 4.78 is 101. The molecule has 0 bridgehead atoms. The SMILES string of the molecule is CC(C)(O)C#Cc1ncc(-c2ccc3c(c2)C(=O)NC3)c(C(Cc2cc(F)cc(F)c2)=NC(=O)Cn2nc(C(F)(F)F)c3c2C(F)(F)[C@@H]2C[C@H]32)n1. The molecule has 51 heavy (non-hydrogen) atoms. The lowest BCUT2D eigenvalue weighted by atomic mass is 9.96. The smallest absolute Gasteiger partial charge is 0.378 e. The van der Waals surface area contributed by atoms with Crippen molar-refractivity contribution < 1.29 is 45.4 Å². The van der Waals surface area contributed by atoms with E-state index in [0.29, 0.717) is 27.4 Å². The summed E-state index contributed by atoms with van der Waals surface area (Å²) in [7, 11) is 0. The van der Waals surface area contributed by atoms with E-state index in [0.717, 1.165) is 12.1 Å². The van der Waals surface area contributed by atoms with Gasteiger partial charge in [0.2, 0.25) is 5.82 Å². The Morgan fingerprint density at radius 3 is 2.53 bits per heavy atom. The molecule has 2 aliphatic carbocycles. The number of aromatic nitrogens is 4. The lowest BCUT2D eigenvalue weighted by Gasteiger charge is -2.15. The van der Waals surface area contributed by atoms with E-state index < -0.39 is 77.0 Å². The van der Waals surface area contributed by atoms with Crippen LogP contribution >= 0.6 is 0 Å². The summed E-state index contributed by atoms with van der Waals surface area (Å²) in [5, 5.41) is 16.2. The Balaban J connectivity index is 1.38. The van der Waals surface area contributed by atoms with E-state index in [1.165, 1.54) is 26.1 Å². The summed E-state index contributed by atoms with van der Waals surface area (Å²) >= 11 is 0. The maximum absolute atomic E-state index is 15.2. The molecule has 2 atom stereocenters. The van der Waals surface area contributed by atoms with Crippen molar-refractivity contribution in [3.05, 3.63) is 99.4 Å². The van der Waals surface area contributed by atoms with Gasteiger partial charge in [0.05, 0.1) is 11.4 Å². The van der Waals surface area contributed by atoms with Crippen molar-refractivity contribution in [1.29, 1.82) is 0 Å². The van der Waals surface area contributed by atoms with E-state index in [9.17, 15) is 36.6 Å². The normalized spacial score (nSPS) is 18.8. The average Bonchev–Trinajstić information content (AvgIpc) is 3.54. The number of hydrogen-bond acceptors (Lipinski definition) is 6. The molecule has 4 aromatic rings. The van der Waals surface area contributed by atoms with Crippen LogP contribution in [0.2, 0.25) is 0 Å². The minimum atomic E-state index is -5.06. The molecule has 7 rings (SSSR count). The van der Waals surface area contributed by atoms with Crippen LogP contribution in [-0.2, 0) is 36.4 Å². The third-order valence-corrected chi connectivity index (χ3v) is 8.69. The van der Waals surface area contributed by atoms with Gasteiger partial charge < -0.3 is 10.4 Å². The lowest BCUT2D eigenvalue weighted by Crippen LogP contribution is -2.23. The monoisotopic (exact) mass is 710 g/mol. The predicted molar refractivity (Wildman–Crippen MR) is 165 cm³/mol. The van der Waals surface area contributed by atoms with Gasteiger partial charge in [0.25, 0.3) is 17.7 Å². The number of aliphatic imine (C=N–C) groups is 1. The second kappa shape index (κ2) is 11.8. The summed E-state index contributed by atoms with van der Waals surface area (Å²) in [6.45, 7) is 1.96. The lowest BCUT2D eigenvalue weighted by molar-refractivity contribution is -0.142. The Bertz CT molecular complexity index is 2220. The fourth-order valence-corrected chi connectivity index (χ4v) is 6.45. The number of carbonyl (C=O) groups is 2. The number of nitrogens with zero attached hydrogens (tertiary/aromatic N) is 5. The second-order valence-electron chi connectivity index (χ2n) is 13.1. The molecule has 1 aliphatic heterocycles. The van der Waals surface area contributed by atoms with E-state index in [4.69, 9.17) is 0 Å². The van der Waals surface area contributed by atoms with Gasteiger partial charge in [-0.3, -0.25) is 14.3 Å². The summed E-state index contributed by atoms with van der Waals surface area (Å²) in [6.07, 6.45) is -4.40. The van der Waals surface area contributed by atoms with E-state index >= 15 is 8.78 Å². The van der Waals surface area contributed by atoms with Gasteiger partial charge in [-0.1, -0.05) is 18.1 Å². The van der Waals surface area contributed by atoms with Gasteiger partial charge in [0, 0.05) is 47.8 Å². The molecule has 2 N–H and O–H groups in total. The van der Waals surface area contributed by atoms with E-state index in [-0.39, 0.29) is 47.2 Å². The third-order valence-electron chi connectivity index (χ3n) is 8.69. The first-order valence-corrected chi connectivity index (χ1v) is 15.5. The topological polar surface area (TPSA) is 122 Å². The molecule has 0 radical (unpaired) electrons. The fraction of sp³-hybridized carbons (Fsp3) is 0.314. The molecule has 16 heteroatoms. The average molecular weight is 711 g/mol. The van der Waals surface area contributed by atoms with Crippen LogP contribution in [0.5, 0.6) is 0 Å². The van der Waals surface area contributed by atoms with Gasteiger partial charge in [-0.2, -0.15) is 27.1 Å². The number of hydrogen-bond donors (Lipinski definition) is 2. The molecule has 2 amide bonds. The number of nitrogens with one attached hydrogen (secondary N) is 1. The molecule has 262 valence electrons. The standard InChI is InChI=1S/C35H25F7N6O3/c1-33(2,51)6-5-26-43-14-23(17-3-4-18-13-44-32(50)21(18)10-17)29(46-26)25(9-16-7-19(36)11-20(37)8-16)45-27(49)15-48-31-28(30(47-48)35(40,41)42)22-12-24(22)34(31,38)39/h3-4,7-8,10-11,14,22,24,51H,9,12-13,15H2,1-2H3,(H,44,50)/t22-,24+/m0/s1.